The number of rotatable bonds is 3. The first kappa shape index (κ1) is 12.5. The molecule has 0 unspecified atom stereocenters. The first-order valence-electron chi connectivity index (χ1n) is 5.49. The second-order valence-corrected chi connectivity index (χ2v) is 4.98. The average Bonchev–Trinajstić information content (AvgIpc) is 2.29. The summed E-state index contributed by atoms with van der Waals surface area (Å²) in [7, 11) is 0. The Morgan fingerprint density at radius 3 is 2.71 bits per heavy atom. The van der Waals surface area contributed by atoms with Crippen LogP contribution in [0.15, 0.2) is 34.8 Å². The lowest BCUT2D eigenvalue weighted by Crippen LogP contribution is -1.96. The SMILES string of the molecule is CCCc1cc(Cl)nc(-c2ccccc2Br)n1. The van der Waals surface area contributed by atoms with Crippen LogP contribution in [0.5, 0.6) is 0 Å². The molecule has 1 aromatic heterocycles. The lowest BCUT2D eigenvalue weighted by molar-refractivity contribution is 0.875. The number of hydrogen-bond acceptors (Lipinski definition) is 2. The summed E-state index contributed by atoms with van der Waals surface area (Å²) in [4.78, 5) is 8.80. The Bertz CT molecular complexity index is 529. The largest absolute Gasteiger partial charge is 0.233 e. The van der Waals surface area contributed by atoms with E-state index in [1.165, 1.54) is 0 Å². The predicted octanol–water partition coefficient (Wildman–Crippen LogP) is 4.51. The molecule has 0 amide bonds. The van der Waals surface area contributed by atoms with Crippen molar-refractivity contribution in [1.82, 2.24) is 9.97 Å². The summed E-state index contributed by atoms with van der Waals surface area (Å²) in [5.74, 6) is 0.674. The van der Waals surface area contributed by atoms with Gasteiger partial charge >= 0.3 is 0 Å². The second-order valence-electron chi connectivity index (χ2n) is 3.74. The Morgan fingerprint density at radius 1 is 1.24 bits per heavy atom. The van der Waals surface area contributed by atoms with Crippen molar-refractivity contribution in [3.63, 3.8) is 0 Å². The summed E-state index contributed by atoms with van der Waals surface area (Å²) in [6.45, 7) is 2.12. The molecular formula is C13H12BrClN2. The number of aromatic nitrogens is 2. The average molecular weight is 312 g/mol. The minimum absolute atomic E-state index is 0.495. The van der Waals surface area contributed by atoms with E-state index in [4.69, 9.17) is 11.6 Å². The van der Waals surface area contributed by atoms with Gasteiger partial charge in [0.1, 0.15) is 5.15 Å². The summed E-state index contributed by atoms with van der Waals surface area (Å²) in [5, 5.41) is 0.495. The van der Waals surface area contributed by atoms with Crippen molar-refractivity contribution in [2.45, 2.75) is 19.8 Å². The van der Waals surface area contributed by atoms with Crippen LogP contribution in [0.2, 0.25) is 5.15 Å². The maximum absolute atomic E-state index is 6.02. The number of halogens is 2. The highest BCUT2D eigenvalue weighted by Crippen LogP contribution is 2.26. The molecular weight excluding hydrogens is 300 g/mol. The van der Waals surface area contributed by atoms with Crippen LogP contribution in [0.3, 0.4) is 0 Å². The molecule has 0 aliphatic rings. The Kier molecular flexibility index (Phi) is 4.13. The molecule has 0 atom stereocenters. The molecule has 88 valence electrons. The molecule has 0 bridgehead atoms. The van der Waals surface area contributed by atoms with E-state index in [2.05, 4.69) is 32.8 Å². The Balaban J connectivity index is 2.48. The summed E-state index contributed by atoms with van der Waals surface area (Å²) < 4.78 is 0.977. The first-order valence-corrected chi connectivity index (χ1v) is 6.66. The van der Waals surface area contributed by atoms with E-state index in [1.54, 1.807) is 0 Å². The highest BCUT2D eigenvalue weighted by atomic mass is 79.9. The molecule has 0 fully saturated rings. The van der Waals surface area contributed by atoms with Crippen LogP contribution in [0, 0.1) is 0 Å². The summed E-state index contributed by atoms with van der Waals surface area (Å²) >= 11 is 9.52. The van der Waals surface area contributed by atoms with Crippen molar-refractivity contribution in [1.29, 1.82) is 0 Å². The molecule has 0 aliphatic carbocycles. The fourth-order valence-electron chi connectivity index (χ4n) is 1.61. The molecule has 0 N–H and O–H groups in total. The molecule has 2 nitrogen and oxygen atoms in total. The third-order valence-electron chi connectivity index (χ3n) is 2.37. The van der Waals surface area contributed by atoms with Crippen molar-refractivity contribution in [2.75, 3.05) is 0 Å². The molecule has 2 aromatic rings. The maximum Gasteiger partial charge on any atom is 0.162 e. The van der Waals surface area contributed by atoms with Crippen LogP contribution in [0.25, 0.3) is 11.4 Å². The fourth-order valence-corrected chi connectivity index (χ4v) is 2.28. The predicted molar refractivity (Wildman–Crippen MR) is 74.2 cm³/mol. The van der Waals surface area contributed by atoms with Crippen LogP contribution < -0.4 is 0 Å². The van der Waals surface area contributed by atoms with E-state index in [-0.39, 0.29) is 0 Å². The van der Waals surface area contributed by atoms with Crippen LogP contribution in [-0.2, 0) is 6.42 Å². The number of nitrogens with zero attached hydrogens (tertiary/aromatic N) is 2. The topological polar surface area (TPSA) is 25.8 Å². The molecule has 0 saturated heterocycles. The zero-order valence-corrected chi connectivity index (χ0v) is 11.8. The number of aryl methyl sites for hydroxylation is 1. The van der Waals surface area contributed by atoms with Gasteiger partial charge in [-0.1, -0.05) is 59.1 Å². The first-order chi connectivity index (χ1) is 8.20. The summed E-state index contributed by atoms with van der Waals surface area (Å²) in [5.41, 5.74) is 1.95. The maximum atomic E-state index is 6.02. The molecule has 0 aliphatic heterocycles. The molecule has 4 heteroatoms. The monoisotopic (exact) mass is 310 g/mol. The number of benzene rings is 1. The van der Waals surface area contributed by atoms with Gasteiger partial charge in [-0.3, -0.25) is 0 Å². The Hall–Kier alpha value is -0.930. The zero-order chi connectivity index (χ0) is 12.3. The van der Waals surface area contributed by atoms with Gasteiger partial charge in [-0.25, -0.2) is 9.97 Å². The van der Waals surface area contributed by atoms with Gasteiger partial charge < -0.3 is 0 Å². The third kappa shape index (κ3) is 3.05. The van der Waals surface area contributed by atoms with Crippen molar-refractivity contribution < 1.29 is 0 Å². The van der Waals surface area contributed by atoms with Crippen LogP contribution in [0.4, 0.5) is 0 Å². The van der Waals surface area contributed by atoms with Gasteiger partial charge in [0, 0.05) is 15.7 Å². The van der Waals surface area contributed by atoms with Gasteiger partial charge in [-0.15, -0.1) is 0 Å². The molecule has 0 spiro atoms. The van der Waals surface area contributed by atoms with Gasteiger partial charge in [-0.2, -0.15) is 0 Å². The minimum atomic E-state index is 0.495. The van der Waals surface area contributed by atoms with Crippen molar-refractivity contribution in [2.24, 2.45) is 0 Å². The van der Waals surface area contributed by atoms with E-state index >= 15 is 0 Å². The van der Waals surface area contributed by atoms with Gasteiger partial charge in [0.25, 0.3) is 0 Å². The number of hydrogen-bond donors (Lipinski definition) is 0. The second kappa shape index (κ2) is 5.61. The molecule has 2 rings (SSSR count). The van der Waals surface area contributed by atoms with Crippen LogP contribution in [-0.4, -0.2) is 9.97 Å². The van der Waals surface area contributed by atoms with Gasteiger partial charge in [0.2, 0.25) is 0 Å². The van der Waals surface area contributed by atoms with Gasteiger partial charge in [0.05, 0.1) is 0 Å². The van der Waals surface area contributed by atoms with E-state index in [9.17, 15) is 0 Å². The molecule has 1 heterocycles. The van der Waals surface area contributed by atoms with Gasteiger partial charge in [-0.05, 0) is 18.6 Å². The molecule has 0 radical (unpaired) electrons. The smallest absolute Gasteiger partial charge is 0.162 e. The van der Waals surface area contributed by atoms with Crippen molar-refractivity contribution in [3.05, 3.63) is 45.7 Å². The van der Waals surface area contributed by atoms with Crippen LogP contribution >= 0.6 is 27.5 Å². The third-order valence-corrected chi connectivity index (χ3v) is 3.25. The molecule has 1 aromatic carbocycles. The van der Waals surface area contributed by atoms with E-state index in [0.717, 1.165) is 28.6 Å². The molecule has 0 saturated carbocycles. The standard InChI is InChI=1S/C13H12BrClN2/c1-2-5-9-8-12(15)17-13(16-9)10-6-3-4-7-11(10)14/h3-4,6-8H,2,5H2,1H3. The zero-order valence-electron chi connectivity index (χ0n) is 9.45. The highest BCUT2D eigenvalue weighted by Gasteiger charge is 2.08. The fraction of sp³-hybridized carbons (Fsp3) is 0.231. The summed E-state index contributed by atoms with van der Waals surface area (Å²) in [6.07, 6.45) is 1.96. The quantitative estimate of drug-likeness (QED) is 0.779. The lowest BCUT2D eigenvalue weighted by atomic mass is 10.2. The summed E-state index contributed by atoms with van der Waals surface area (Å²) in [6, 6.07) is 9.70. The molecule has 17 heavy (non-hydrogen) atoms. The Labute approximate surface area is 114 Å². The van der Waals surface area contributed by atoms with Crippen molar-refractivity contribution >= 4 is 27.5 Å². The normalized spacial score (nSPS) is 10.5. The van der Waals surface area contributed by atoms with E-state index in [0.29, 0.717) is 11.0 Å². The van der Waals surface area contributed by atoms with Crippen molar-refractivity contribution in [3.8, 4) is 11.4 Å². The van der Waals surface area contributed by atoms with E-state index in [1.807, 2.05) is 30.3 Å². The van der Waals surface area contributed by atoms with Gasteiger partial charge in [0.15, 0.2) is 5.82 Å². The highest BCUT2D eigenvalue weighted by molar-refractivity contribution is 9.10. The Morgan fingerprint density at radius 2 is 2.00 bits per heavy atom. The van der Waals surface area contributed by atoms with E-state index < -0.39 is 0 Å². The minimum Gasteiger partial charge on any atom is -0.233 e. The van der Waals surface area contributed by atoms with Crippen LogP contribution in [0.1, 0.15) is 19.0 Å². The lowest BCUT2D eigenvalue weighted by Gasteiger charge is -2.06.